The van der Waals surface area contributed by atoms with E-state index in [1.807, 2.05) is 39.1 Å². The molecule has 78 valence electrons. The number of hydrogen-bond donors (Lipinski definition) is 0. The molecule has 0 bridgehead atoms. The van der Waals surface area contributed by atoms with Crippen LogP contribution in [0.5, 0.6) is 0 Å². The molecular formula is C11H16O2S. The molecule has 0 amide bonds. The maximum atomic E-state index is 11.3. The van der Waals surface area contributed by atoms with Crippen molar-refractivity contribution in [2.45, 2.75) is 39.7 Å². The summed E-state index contributed by atoms with van der Waals surface area (Å²) >= 11 is 1.63. The second-order valence-corrected chi connectivity index (χ2v) is 4.58. The molecule has 0 atom stereocenters. The van der Waals surface area contributed by atoms with Gasteiger partial charge in [0, 0.05) is 11.3 Å². The zero-order chi connectivity index (χ0) is 10.8. The van der Waals surface area contributed by atoms with Crippen molar-refractivity contribution in [3.8, 4) is 0 Å². The van der Waals surface area contributed by atoms with Gasteiger partial charge in [0.2, 0.25) is 0 Å². The van der Waals surface area contributed by atoms with Crippen molar-refractivity contribution in [2.24, 2.45) is 0 Å². The first-order valence-electron chi connectivity index (χ1n) is 4.88. The molecular weight excluding hydrogens is 196 g/mol. The first-order valence-corrected chi connectivity index (χ1v) is 5.76. The first kappa shape index (κ1) is 11.2. The second kappa shape index (κ2) is 4.13. The van der Waals surface area contributed by atoms with Crippen molar-refractivity contribution in [2.75, 3.05) is 0 Å². The molecule has 1 aliphatic heterocycles. The highest BCUT2D eigenvalue weighted by Crippen LogP contribution is 2.30. The third-order valence-corrected chi connectivity index (χ3v) is 2.84. The number of carbonyl (C=O) groups excluding carboxylic acids is 1. The molecule has 0 spiro atoms. The van der Waals surface area contributed by atoms with E-state index >= 15 is 0 Å². The molecule has 0 fully saturated rings. The molecule has 2 rings (SSSR count). The Bertz CT molecular complexity index is 326. The molecule has 1 aromatic rings. The summed E-state index contributed by atoms with van der Waals surface area (Å²) in [6, 6.07) is 1.83. The zero-order valence-electron chi connectivity index (χ0n) is 9.09. The van der Waals surface area contributed by atoms with E-state index in [1.54, 1.807) is 11.3 Å². The monoisotopic (exact) mass is 212 g/mol. The molecule has 2 heterocycles. The Morgan fingerprint density at radius 3 is 2.71 bits per heavy atom. The van der Waals surface area contributed by atoms with Crippen LogP contribution in [0.1, 0.15) is 42.9 Å². The fourth-order valence-corrected chi connectivity index (χ4v) is 2.47. The molecule has 0 aromatic carbocycles. The number of fused-ring (bicyclic) bond motifs is 1. The van der Waals surface area contributed by atoms with E-state index in [2.05, 4.69) is 0 Å². The minimum atomic E-state index is -0.324. The number of hydrogen-bond acceptors (Lipinski definition) is 3. The average molecular weight is 212 g/mol. The number of esters is 1. The molecule has 14 heavy (non-hydrogen) atoms. The summed E-state index contributed by atoms with van der Waals surface area (Å²) in [4.78, 5) is 12.5. The molecule has 0 saturated carbocycles. The Kier molecular flexibility index (Phi) is 3.32. The van der Waals surface area contributed by atoms with Crippen LogP contribution in [0.4, 0.5) is 0 Å². The summed E-state index contributed by atoms with van der Waals surface area (Å²) < 4.78 is 5.23. The van der Waals surface area contributed by atoms with E-state index in [1.165, 1.54) is 0 Å². The lowest BCUT2D eigenvalue weighted by Gasteiger charge is -2.28. The van der Waals surface area contributed by atoms with Gasteiger partial charge in [0.25, 0.3) is 0 Å². The van der Waals surface area contributed by atoms with Crippen LogP contribution < -0.4 is 0 Å². The summed E-state index contributed by atoms with van der Waals surface area (Å²) in [5.41, 5.74) is 0.425. The highest BCUT2D eigenvalue weighted by molar-refractivity contribution is 7.10. The Labute approximate surface area is 88.9 Å². The van der Waals surface area contributed by atoms with Gasteiger partial charge in [-0.3, -0.25) is 0 Å². The normalized spacial score (nSPS) is 17.6. The molecule has 1 aliphatic rings. The molecule has 0 aliphatic carbocycles. The lowest BCUT2D eigenvalue weighted by molar-refractivity contribution is -0.00579. The fraction of sp³-hybridized carbons (Fsp3) is 0.545. The summed E-state index contributed by atoms with van der Waals surface area (Å²) in [5.74, 6) is -0.178. The predicted molar refractivity (Wildman–Crippen MR) is 58.9 cm³/mol. The SMILES string of the molecule is CC.CC1(C)Cc2sccc2C(=O)O1. The van der Waals surface area contributed by atoms with Gasteiger partial charge in [-0.05, 0) is 25.3 Å². The Morgan fingerprint density at radius 1 is 1.43 bits per heavy atom. The lowest BCUT2D eigenvalue weighted by atomic mass is 9.98. The summed E-state index contributed by atoms with van der Waals surface area (Å²) in [6.45, 7) is 7.88. The molecule has 0 saturated heterocycles. The standard InChI is InChI=1S/C9H10O2S.C2H6/c1-9(2)5-7-6(3-4-12-7)8(10)11-9;1-2/h3-4H,5H2,1-2H3;1-2H3. The minimum Gasteiger partial charge on any atom is -0.456 e. The number of rotatable bonds is 0. The Balaban J connectivity index is 0.000000461. The van der Waals surface area contributed by atoms with E-state index < -0.39 is 0 Å². The van der Waals surface area contributed by atoms with Gasteiger partial charge in [-0.25, -0.2) is 4.79 Å². The number of cyclic esters (lactones) is 1. The Hall–Kier alpha value is -0.830. The molecule has 3 heteroatoms. The van der Waals surface area contributed by atoms with Crippen LogP contribution in [-0.4, -0.2) is 11.6 Å². The summed E-state index contributed by atoms with van der Waals surface area (Å²) in [6.07, 6.45) is 0.839. The molecule has 1 aromatic heterocycles. The van der Waals surface area contributed by atoms with E-state index in [-0.39, 0.29) is 11.6 Å². The summed E-state index contributed by atoms with van der Waals surface area (Å²) in [7, 11) is 0. The summed E-state index contributed by atoms with van der Waals surface area (Å²) in [5, 5.41) is 1.94. The van der Waals surface area contributed by atoms with Crippen LogP contribution in [-0.2, 0) is 11.2 Å². The van der Waals surface area contributed by atoms with Gasteiger partial charge in [0.15, 0.2) is 0 Å². The lowest BCUT2D eigenvalue weighted by Crippen LogP contribution is -2.34. The number of carbonyl (C=O) groups is 1. The van der Waals surface area contributed by atoms with E-state index in [0.717, 1.165) is 16.9 Å². The van der Waals surface area contributed by atoms with Gasteiger partial charge >= 0.3 is 5.97 Å². The van der Waals surface area contributed by atoms with Gasteiger partial charge in [0.05, 0.1) is 5.56 Å². The molecule has 2 nitrogen and oxygen atoms in total. The third-order valence-electron chi connectivity index (χ3n) is 1.92. The van der Waals surface area contributed by atoms with Gasteiger partial charge in [-0.2, -0.15) is 0 Å². The quantitative estimate of drug-likeness (QED) is 0.617. The molecule has 0 unspecified atom stereocenters. The third kappa shape index (κ3) is 2.15. The van der Waals surface area contributed by atoms with Crippen molar-refractivity contribution in [1.82, 2.24) is 0 Å². The van der Waals surface area contributed by atoms with Crippen molar-refractivity contribution < 1.29 is 9.53 Å². The largest absolute Gasteiger partial charge is 0.456 e. The average Bonchev–Trinajstić information content (AvgIpc) is 2.53. The van der Waals surface area contributed by atoms with Crippen LogP contribution in [0.25, 0.3) is 0 Å². The number of ether oxygens (including phenoxy) is 1. The molecule has 0 radical (unpaired) electrons. The second-order valence-electron chi connectivity index (χ2n) is 3.58. The van der Waals surface area contributed by atoms with E-state index in [0.29, 0.717) is 0 Å². The highest BCUT2D eigenvalue weighted by atomic mass is 32.1. The van der Waals surface area contributed by atoms with Gasteiger partial charge < -0.3 is 4.74 Å². The maximum absolute atomic E-state index is 11.3. The van der Waals surface area contributed by atoms with E-state index in [9.17, 15) is 4.79 Å². The number of thiophene rings is 1. The van der Waals surface area contributed by atoms with Gasteiger partial charge in [-0.1, -0.05) is 13.8 Å². The van der Waals surface area contributed by atoms with Crippen molar-refractivity contribution in [3.05, 3.63) is 21.9 Å². The maximum Gasteiger partial charge on any atom is 0.339 e. The van der Waals surface area contributed by atoms with Crippen LogP contribution in [0, 0.1) is 0 Å². The highest BCUT2D eigenvalue weighted by Gasteiger charge is 2.32. The van der Waals surface area contributed by atoms with Gasteiger partial charge in [-0.15, -0.1) is 11.3 Å². The van der Waals surface area contributed by atoms with Crippen LogP contribution in [0.3, 0.4) is 0 Å². The molecule has 0 N–H and O–H groups in total. The van der Waals surface area contributed by atoms with Crippen molar-refractivity contribution in [1.29, 1.82) is 0 Å². The Morgan fingerprint density at radius 2 is 2.07 bits per heavy atom. The first-order chi connectivity index (χ1) is 6.58. The van der Waals surface area contributed by atoms with Gasteiger partial charge in [0.1, 0.15) is 5.60 Å². The van der Waals surface area contributed by atoms with Crippen LogP contribution in [0.15, 0.2) is 11.4 Å². The zero-order valence-corrected chi connectivity index (χ0v) is 9.90. The van der Waals surface area contributed by atoms with Crippen molar-refractivity contribution >= 4 is 17.3 Å². The van der Waals surface area contributed by atoms with Crippen LogP contribution >= 0.6 is 11.3 Å². The smallest absolute Gasteiger partial charge is 0.339 e. The van der Waals surface area contributed by atoms with Crippen LogP contribution in [0.2, 0.25) is 0 Å². The van der Waals surface area contributed by atoms with E-state index in [4.69, 9.17) is 4.74 Å². The fourth-order valence-electron chi connectivity index (χ4n) is 1.39. The topological polar surface area (TPSA) is 26.3 Å². The van der Waals surface area contributed by atoms with Crippen molar-refractivity contribution in [3.63, 3.8) is 0 Å². The minimum absolute atomic E-state index is 0.178. The predicted octanol–water partition coefficient (Wildman–Crippen LogP) is 3.27.